The summed E-state index contributed by atoms with van der Waals surface area (Å²) < 4.78 is 3.83. The van der Waals surface area contributed by atoms with Crippen molar-refractivity contribution in [2.45, 2.75) is 66.0 Å². The molecule has 3 rings (SSSR count). The van der Waals surface area contributed by atoms with Gasteiger partial charge in [0.25, 0.3) is 0 Å². The number of carboxylic acid groups (broad SMARTS) is 1. The predicted octanol–water partition coefficient (Wildman–Crippen LogP) is 2.48. The Labute approximate surface area is 151 Å². The van der Waals surface area contributed by atoms with Crippen LogP contribution in [0.4, 0.5) is 4.79 Å². The van der Waals surface area contributed by atoms with Crippen LogP contribution in [0.15, 0.2) is 0 Å². The number of rotatable bonds is 6. The van der Waals surface area contributed by atoms with Gasteiger partial charge in [-0.05, 0) is 50.1 Å². The highest BCUT2D eigenvalue weighted by Gasteiger charge is 2.26. The minimum Gasteiger partial charge on any atom is -0.465 e. The molecular formula is C17H25N7O2. The largest absolute Gasteiger partial charge is 0.465 e. The van der Waals surface area contributed by atoms with Crippen LogP contribution in [-0.4, -0.2) is 46.3 Å². The van der Waals surface area contributed by atoms with E-state index < -0.39 is 11.6 Å². The van der Waals surface area contributed by atoms with E-state index in [-0.39, 0.29) is 0 Å². The molecule has 0 atom stereocenters. The van der Waals surface area contributed by atoms with Crippen LogP contribution in [0.5, 0.6) is 0 Å². The van der Waals surface area contributed by atoms with Gasteiger partial charge in [-0.1, -0.05) is 13.3 Å². The van der Waals surface area contributed by atoms with Crippen molar-refractivity contribution in [3.05, 3.63) is 17.1 Å². The molecule has 2 N–H and O–H groups in total. The van der Waals surface area contributed by atoms with E-state index in [1.165, 1.54) is 0 Å². The first-order valence-corrected chi connectivity index (χ1v) is 8.82. The molecule has 0 aromatic carbocycles. The molecule has 0 aliphatic rings. The Morgan fingerprint density at radius 1 is 1.31 bits per heavy atom. The van der Waals surface area contributed by atoms with E-state index in [2.05, 4.69) is 32.3 Å². The van der Waals surface area contributed by atoms with Crippen LogP contribution in [-0.2, 0) is 13.0 Å². The lowest BCUT2D eigenvalue weighted by Gasteiger charge is -2.27. The fourth-order valence-corrected chi connectivity index (χ4v) is 3.35. The third kappa shape index (κ3) is 3.09. The van der Waals surface area contributed by atoms with Crippen LogP contribution in [0.1, 0.15) is 50.7 Å². The molecular weight excluding hydrogens is 334 g/mol. The quantitative estimate of drug-likeness (QED) is 0.699. The minimum absolute atomic E-state index is 0.479. The number of pyridine rings is 1. The number of imidazole rings is 1. The van der Waals surface area contributed by atoms with Gasteiger partial charge >= 0.3 is 6.09 Å². The summed E-state index contributed by atoms with van der Waals surface area (Å²) in [4.78, 5) is 16.0. The number of tetrazole rings is 1. The van der Waals surface area contributed by atoms with Crippen molar-refractivity contribution in [3.63, 3.8) is 0 Å². The first-order valence-electron chi connectivity index (χ1n) is 8.82. The number of amides is 1. The number of nitrogens with zero attached hydrogens (tertiary/aromatic N) is 6. The fraction of sp³-hybridized carbons (Fsp3) is 0.588. The van der Waals surface area contributed by atoms with Crippen LogP contribution >= 0.6 is 0 Å². The summed E-state index contributed by atoms with van der Waals surface area (Å²) in [5, 5.41) is 23.7. The maximum absolute atomic E-state index is 11.2. The minimum atomic E-state index is -1.04. The summed E-state index contributed by atoms with van der Waals surface area (Å²) in [7, 11) is 0. The van der Waals surface area contributed by atoms with E-state index in [9.17, 15) is 4.79 Å². The molecule has 3 heterocycles. The molecule has 9 heteroatoms. The second-order valence-electron chi connectivity index (χ2n) is 7.35. The van der Waals surface area contributed by atoms with Crippen LogP contribution in [0.25, 0.3) is 16.7 Å². The molecule has 0 saturated heterocycles. The molecule has 1 amide bonds. The van der Waals surface area contributed by atoms with Crippen LogP contribution in [0, 0.1) is 13.8 Å². The van der Waals surface area contributed by atoms with Crippen molar-refractivity contribution in [2.75, 3.05) is 0 Å². The number of aromatic nitrogens is 6. The van der Waals surface area contributed by atoms with Gasteiger partial charge in [0.1, 0.15) is 11.3 Å². The highest BCUT2D eigenvalue weighted by Crippen LogP contribution is 2.28. The van der Waals surface area contributed by atoms with Crippen molar-refractivity contribution in [1.29, 1.82) is 0 Å². The second kappa shape index (κ2) is 6.54. The van der Waals surface area contributed by atoms with Gasteiger partial charge in [0.2, 0.25) is 5.65 Å². The van der Waals surface area contributed by atoms with Crippen molar-refractivity contribution in [2.24, 2.45) is 0 Å². The van der Waals surface area contributed by atoms with Gasteiger partial charge in [-0.3, -0.25) is 0 Å². The normalized spacial score (nSPS) is 12.2. The molecule has 0 saturated carbocycles. The Kier molecular flexibility index (Phi) is 4.55. The smallest absolute Gasteiger partial charge is 0.405 e. The molecule has 0 spiro atoms. The molecule has 0 aliphatic carbocycles. The Morgan fingerprint density at radius 3 is 2.69 bits per heavy atom. The summed E-state index contributed by atoms with van der Waals surface area (Å²) in [6.45, 7) is 10.4. The molecule has 0 unspecified atom stereocenters. The topological polar surface area (TPSA) is 110 Å². The highest BCUT2D eigenvalue weighted by atomic mass is 16.4. The number of nitrogens with one attached hydrogen (secondary N) is 1. The second-order valence-corrected chi connectivity index (χ2v) is 7.35. The third-order valence-electron chi connectivity index (χ3n) is 4.70. The zero-order chi connectivity index (χ0) is 19.1. The van der Waals surface area contributed by atoms with Gasteiger partial charge in [0.05, 0.1) is 11.1 Å². The Balaban J connectivity index is 2.23. The van der Waals surface area contributed by atoms with E-state index in [1.54, 1.807) is 4.52 Å². The standard InChI is InChI=1S/C17H25N7O2/c1-6-7-8-12-18-13-14(23(12)9-17(4,5)19-16(25)26)10(2)11(3)24-15(13)20-21-22-24/h19H,6-9H2,1-5H3,(H,25,26). The highest BCUT2D eigenvalue weighted by molar-refractivity contribution is 5.91. The SMILES string of the molecule is CCCCc1nc2c(c(C)c(C)n3nnnc23)n1CC(C)(C)NC(=O)O. The van der Waals surface area contributed by atoms with Gasteiger partial charge in [0, 0.05) is 18.7 Å². The van der Waals surface area contributed by atoms with E-state index in [0.717, 1.165) is 47.4 Å². The molecule has 0 radical (unpaired) electrons. The maximum Gasteiger partial charge on any atom is 0.405 e. The lowest BCUT2D eigenvalue weighted by atomic mass is 10.1. The van der Waals surface area contributed by atoms with E-state index in [4.69, 9.17) is 10.1 Å². The average Bonchev–Trinajstić information content (AvgIpc) is 3.14. The van der Waals surface area contributed by atoms with Gasteiger partial charge in [-0.15, -0.1) is 5.10 Å². The summed E-state index contributed by atoms with van der Waals surface area (Å²) >= 11 is 0. The summed E-state index contributed by atoms with van der Waals surface area (Å²) in [5.74, 6) is 0.931. The maximum atomic E-state index is 11.2. The summed E-state index contributed by atoms with van der Waals surface area (Å²) in [5.41, 5.74) is 3.71. The molecule has 0 aliphatic heterocycles. The Bertz CT molecular complexity index is 971. The van der Waals surface area contributed by atoms with Crippen LogP contribution in [0.3, 0.4) is 0 Å². The van der Waals surface area contributed by atoms with Crippen LogP contribution in [0.2, 0.25) is 0 Å². The lowest BCUT2D eigenvalue weighted by molar-refractivity contribution is 0.179. The number of aryl methyl sites for hydroxylation is 3. The zero-order valence-electron chi connectivity index (χ0n) is 15.9. The van der Waals surface area contributed by atoms with Gasteiger partial charge in [-0.2, -0.15) is 4.52 Å². The number of hydrogen-bond acceptors (Lipinski definition) is 5. The monoisotopic (exact) mass is 359 g/mol. The van der Waals surface area contributed by atoms with Crippen molar-refractivity contribution in [1.82, 2.24) is 34.9 Å². The third-order valence-corrected chi connectivity index (χ3v) is 4.70. The summed E-state index contributed by atoms with van der Waals surface area (Å²) in [6.07, 6.45) is 1.85. The molecule has 3 aromatic rings. The molecule has 3 aromatic heterocycles. The first kappa shape index (κ1) is 18.1. The number of fused-ring (bicyclic) bond motifs is 3. The van der Waals surface area contributed by atoms with Crippen molar-refractivity contribution >= 4 is 22.8 Å². The number of carbonyl (C=O) groups is 1. The van der Waals surface area contributed by atoms with E-state index in [1.807, 2.05) is 27.7 Å². The zero-order valence-corrected chi connectivity index (χ0v) is 15.9. The van der Waals surface area contributed by atoms with Crippen molar-refractivity contribution in [3.8, 4) is 0 Å². The van der Waals surface area contributed by atoms with Crippen molar-refractivity contribution < 1.29 is 9.90 Å². The predicted molar refractivity (Wildman–Crippen MR) is 97.4 cm³/mol. The van der Waals surface area contributed by atoms with Gasteiger partial charge in [-0.25, -0.2) is 9.78 Å². The fourth-order valence-electron chi connectivity index (χ4n) is 3.35. The number of unbranched alkanes of at least 4 members (excludes halogenated alkanes) is 1. The molecule has 26 heavy (non-hydrogen) atoms. The van der Waals surface area contributed by atoms with E-state index >= 15 is 0 Å². The molecule has 140 valence electrons. The molecule has 0 fully saturated rings. The lowest BCUT2D eigenvalue weighted by Crippen LogP contribution is -2.46. The number of hydrogen-bond donors (Lipinski definition) is 2. The van der Waals surface area contributed by atoms with Gasteiger partial charge < -0.3 is 15.0 Å². The summed E-state index contributed by atoms with van der Waals surface area (Å²) in [6, 6.07) is 0. The van der Waals surface area contributed by atoms with E-state index in [0.29, 0.717) is 12.2 Å². The first-order chi connectivity index (χ1) is 12.2. The van der Waals surface area contributed by atoms with Crippen LogP contribution < -0.4 is 5.32 Å². The van der Waals surface area contributed by atoms with Gasteiger partial charge in [0.15, 0.2) is 0 Å². The average molecular weight is 359 g/mol. The Morgan fingerprint density at radius 2 is 2.04 bits per heavy atom. The molecule has 0 bridgehead atoms. The Hall–Kier alpha value is -2.71. The molecule has 9 nitrogen and oxygen atoms in total.